The van der Waals surface area contributed by atoms with Gasteiger partial charge in [-0.2, -0.15) is 0 Å². The average Bonchev–Trinajstić information content (AvgIpc) is 2.84. The van der Waals surface area contributed by atoms with Crippen molar-refractivity contribution in [1.82, 2.24) is 0 Å². The fraction of sp³-hybridized carbons (Fsp3) is 0. The van der Waals surface area contributed by atoms with E-state index in [1.165, 1.54) is 36.4 Å². The van der Waals surface area contributed by atoms with Gasteiger partial charge in [0, 0.05) is 33.4 Å². The van der Waals surface area contributed by atoms with E-state index in [-0.39, 0.29) is 108 Å². The molecule has 0 amide bonds. The Morgan fingerprint density at radius 2 is 0.447 bits per heavy atom. The number of rotatable bonds is 6. The van der Waals surface area contributed by atoms with E-state index in [4.69, 9.17) is 0 Å². The minimum Gasteiger partial charge on any atom is -0.545 e. The van der Waals surface area contributed by atoms with Gasteiger partial charge in [-0.3, -0.25) is 0 Å². The van der Waals surface area contributed by atoms with Gasteiger partial charge >= 0.3 is 75.1 Å². The summed E-state index contributed by atoms with van der Waals surface area (Å²) in [6, 6.07) is 15.4. The topological polar surface area (TPSA) is 241 Å². The molecule has 0 aliphatic heterocycles. The number of carboxylic acid groups (broad SMARTS) is 6. The molecule has 186 valence electrons. The molecule has 0 aliphatic rings. The largest absolute Gasteiger partial charge is 4.00 e. The van der Waals surface area contributed by atoms with Crippen LogP contribution in [0.2, 0.25) is 0 Å². The molecule has 0 bridgehead atoms. The van der Waals surface area contributed by atoms with E-state index in [9.17, 15) is 59.4 Å². The molecule has 0 atom stereocenters. The van der Waals surface area contributed by atoms with Crippen molar-refractivity contribution in [3.05, 3.63) is 106 Å². The van der Waals surface area contributed by atoms with E-state index in [1.54, 1.807) is 0 Å². The van der Waals surface area contributed by atoms with E-state index in [2.05, 4.69) is 0 Å². The number of carbonyl (C=O) groups is 6. The van der Waals surface area contributed by atoms with Crippen LogP contribution < -0.4 is 30.6 Å². The first kappa shape index (κ1) is 37.1. The minimum absolute atomic E-state index is 0. The summed E-state index contributed by atoms with van der Waals surface area (Å²) >= 11 is 0. The Morgan fingerprint density at radius 3 is 0.526 bits per heavy atom. The molecule has 38 heavy (non-hydrogen) atoms. The Bertz CT molecular complexity index is 1060. The number of hydrogen-bond acceptors (Lipinski definition) is 12. The van der Waals surface area contributed by atoms with Gasteiger partial charge < -0.3 is 59.4 Å². The minimum atomic E-state index is -1.52. The van der Waals surface area contributed by atoms with Crippen molar-refractivity contribution in [3.8, 4) is 0 Å². The standard InChI is InChI=1S/3C8H6O4.Ba.Zr/c3*9-7(10)5-3-1-2-4-6(5)8(11)12;;/h3*1-4H,(H,9,10)(H,11,12);;/q;;;+2;+4/p-6. The zero-order valence-electron chi connectivity index (χ0n) is 19.0. The summed E-state index contributed by atoms with van der Waals surface area (Å²) in [6.45, 7) is 0. The molecule has 0 heterocycles. The number of aromatic carboxylic acids is 6. The SMILES string of the molecule is O=C([O-])c1ccccc1C(=O)[O-].O=C([O-])c1ccccc1C(=O)[O-].O=C([O-])c1ccccc1C(=O)[O-].[Ba+2].[Zr+4]. The van der Waals surface area contributed by atoms with Gasteiger partial charge in [0.1, 0.15) is 0 Å². The van der Waals surface area contributed by atoms with E-state index in [1.807, 2.05) is 0 Å². The molecule has 0 spiro atoms. The second-order valence-corrected chi connectivity index (χ2v) is 6.36. The summed E-state index contributed by atoms with van der Waals surface area (Å²) in [5, 5.41) is 61.9. The van der Waals surface area contributed by atoms with Crippen molar-refractivity contribution < 1.29 is 85.6 Å². The Morgan fingerprint density at radius 1 is 0.342 bits per heavy atom. The zero-order chi connectivity index (χ0) is 27.4. The summed E-state index contributed by atoms with van der Waals surface area (Å²) in [5.74, 6) is -9.11. The van der Waals surface area contributed by atoms with E-state index in [0.29, 0.717) is 0 Å². The third kappa shape index (κ3) is 11.5. The maximum Gasteiger partial charge on any atom is 4.00 e. The fourth-order valence-corrected chi connectivity index (χ4v) is 2.52. The molecule has 0 unspecified atom stereocenters. The molecule has 0 aliphatic carbocycles. The molecule has 3 rings (SSSR count). The molecule has 0 aromatic heterocycles. The normalized spacial score (nSPS) is 8.84. The van der Waals surface area contributed by atoms with Crippen LogP contribution in [0.1, 0.15) is 62.1 Å². The predicted octanol–water partition coefficient (Wildman–Crippen LogP) is -5.14. The second-order valence-electron chi connectivity index (χ2n) is 6.36. The first-order valence-corrected chi connectivity index (χ1v) is 9.43. The van der Waals surface area contributed by atoms with Crippen LogP contribution in [0.3, 0.4) is 0 Å². The Balaban J connectivity index is 0. The Kier molecular flexibility index (Phi) is 17.8. The van der Waals surface area contributed by atoms with E-state index < -0.39 is 35.8 Å². The Hall–Kier alpha value is -3.07. The molecule has 0 fully saturated rings. The maximum absolute atomic E-state index is 10.3. The third-order valence-electron chi connectivity index (χ3n) is 4.10. The summed E-state index contributed by atoms with van der Waals surface area (Å²) in [6.07, 6.45) is 0. The van der Waals surface area contributed by atoms with E-state index in [0.717, 1.165) is 36.4 Å². The molecular formula is C24H12BaO12Zr. The quantitative estimate of drug-likeness (QED) is 0.217. The van der Waals surface area contributed by atoms with Crippen LogP contribution in [0.15, 0.2) is 72.8 Å². The van der Waals surface area contributed by atoms with Crippen molar-refractivity contribution in [2.24, 2.45) is 0 Å². The van der Waals surface area contributed by atoms with Crippen molar-refractivity contribution >= 4 is 84.7 Å². The van der Waals surface area contributed by atoms with Crippen LogP contribution >= 0.6 is 0 Å². The van der Waals surface area contributed by atoms with Crippen LogP contribution in [0.25, 0.3) is 0 Å². The third-order valence-corrected chi connectivity index (χ3v) is 4.10. The summed E-state index contributed by atoms with van der Waals surface area (Å²) < 4.78 is 0. The molecule has 0 saturated heterocycles. The van der Waals surface area contributed by atoms with Gasteiger partial charge in [0.25, 0.3) is 0 Å². The van der Waals surface area contributed by atoms with Gasteiger partial charge in [-0.25, -0.2) is 0 Å². The van der Waals surface area contributed by atoms with Gasteiger partial charge in [-0.05, 0) is 0 Å². The predicted molar refractivity (Wildman–Crippen MR) is 111 cm³/mol. The molecule has 0 radical (unpaired) electrons. The number of carboxylic acids is 6. The Labute approximate surface area is 273 Å². The van der Waals surface area contributed by atoms with Crippen LogP contribution in [-0.2, 0) is 26.2 Å². The molecule has 3 aromatic carbocycles. The summed E-state index contributed by atoms with van der Waals surface area (Å²) in [4.78, 5) is 61.9. The summed E-state index contributed by atoms with van der Waals surface area (Å²) in [5.41, 5.74) is -2.18. The van der Waals surface area contributed by atoms with Gasteiger partial charge in [0.15, 0.2) is 0 Å². The number of hydrogen-bond donors (Lipinski definition) is 0. The zero-order valence-corrected chi connectivity index (χ0v) is 25.9. The average molecular weight is 721 g/mol. The molecule has 0 saturated carbocycles. The molecule has 0 N–H and O–H groups in total. The van der Waals surface area contributed by atoms with Crippen LogP contribution in [0.4, 0.5) is 0 Å². The molecule has 12 nitrogen and oxygen atoms in total. The van der Waals surface area contributed by atoms with Crippen LogP contribution in [0.5, 0.6) is 0 Å². The van der Waals surface area contributed by atoms with Crippen LogP contribution in [0, 0.1) is 0 Å². The molecular weight excluding hydrogens is 709 g/mol. The van der Waals surface area contributed by atoms with Crippen molar-refractivity contribution in [1.29, 1.82) is 0 Å². The smallest absolute Gasteiger partial charge is 0.545 e. The van der Waals surface area contributed by atoms with Gasteiger partial charge in [-0.15, -0.1) is 0 Å². The van der Waals surface area contributed by atoms with Gasteiger partial charge in [0.2, 0.25) is 0 Å². The maximum atomic E-state index is 10.3. The molecule has 3 aromatic rings. The second kappa shape index (κ2) is 18.2. The molecule has 14 heteroatoms. The number of carbonyl (C=O) groups excluding carboxylic acids is 6. The first-order valence-electron chi connectivity index (χ1n) is 9.43. The fourth-order valence-electron chi connectivity index (χ4n) is 2.52. The van der Waals surface area contributed by atoms with Gasteiger partial charge in [0.05, 0.1) is 35.8 Å². The van der Waals surface area contributed by atoms with Crippen molar-refractivity contribution in [2.75, 3.05) is 0 Å². The number of benzene rings is 3. The van der Waals surface area contributed by atoms with Crippen molar-refractivity contribution in [2.45, 2.75) is 0 Å². The van der Waals surface area contributed by atoms with Crippen LogP contribution in [-0.4, -0.2) is 84.7 Å². The first-order chi connectivity index (χ1) is 16.9. The van der Waals surface area contributed by atoms with E-state index >= 15 is 0 Å². The summed E-state index contributed by atoms with van der Waals surface area (Å²) in [7, 11) is 0. The van der Waals surface area contributed by atoms with Gasteiger partial charge in [-0.1, -0.05) is 72.8 Å². The monoisotopic (exact) mass is 720 g/mol. The van der Waals surface area contributed by atoms with Crippen molar-refractivity contribution in [3.63, 3.8) is 0 Å².